The first-order chi connectivity index (χ1) is 13.9. The summed E-state index contributed by atoms with van der Waals surface area (Å²) >= 11 is 0. The van der Waals surface area contributed by atoms with Crippen molar-refractivity contribution in [3.8, 4) is 0 Å². The molecule has 4 rings (SSSR count). The van der Waals surface area contributed by atoms with Crippen LogP contribution in [0.15, 0.2) is 133 Å². The van der Waals surface area contributed by atoms with Gasteiger partial charge in [0.25, 0.3) is 0 Å². The highest BCUT2D eigenvalue weighted by molar-refractivity contribution is 7.75. The maximum atomic E-state index is 3.67. The number of benzene rings is 4. The summed E-state index contributed by atoms with van der Waals surface area (Å²) in [6.45, 7) is 0. The van der Waals surface area contributed by atoms with Crippen LogP contribution in [0.5, 0.6) is 0 Å². The van der Waals surface area contributed by atoms with Crippen molar-refractivity contribution in [2.24, 2.45) is 0 Å². The lowest BCUT2D eigenvalue weighted by Gasteiger charge is -2.13. The SMILES string of the molecule is C(=CP(c1ccccc1)c1ccccc1)=C(c1ccccc1)c1ccccc1. The van der Waals surface area contributed by atoms with Crippen LogP contribution < -0.4 is 10.6 Å². The Kier molecular flexibility index (Phi) is 5.95. The van der Waals surface area contributed by atoms with E-state index in [-0.39, 0.29) is 0 Å². The molecule has 0 atom stereocenters. The molecule has 4 aromatic rings. The molecule has 0 nitrogen and oxygen atoms in total. The molecule has 28 heavy (non-hydrogen) atoms. The van der Waals surface area contributed by atoms with Crippen LogP contribution in [0.2, 0.25) is 0 Å². The fourth-order valence-corrected chi connectivity index (χ4v) is 4.99. The van der Waals surface area contributed by atoms with Gasteiger partial charge in [0.1, 0.15) is 0 Å². The van der Waals surface area contributed by atoms with Crippen molar-refractivity contribution in [3.63, 3.8) is 0 Å². The van der Waals surface area contributed by atoms with Crippen LogP contribution in [0.25, 0.3) is 5.57 Å². The molecule has 134 valence electrons. The molecule has 0 amide bonds. The highest BCUT2D eigenvalue weighted by Gasteiger charge is 2.10. The molecule has 1 heteroatoms. The zero-order chi connectivity index (χ0) is 19.0. The maximum absolute atomic E-state index is 3.67. The van der Waals surface area contributed by atoms with E-state index in [0.29, 0.717) is 0 Å². The second kappa shape index (κ2) is 9.16. The first-order valence-electron chi connectivity index (χ1n) is 9.39. The Morgan fingerprint density at radius 2 is 0.857 bits per heavy atom. The second-order valence-corrected chi connectivity index (χ2v) is 8.45. The first kappa shape index (κ1) is 18.2. The Morgan fingerprint density at radius 3 is 1.25 bits per heavy atom. The Bertz CT molecular complexity index is 981. The molecule has 0 aliphatic heterocycles. The van der Waals surface area contributed by atoms with Gasteiger partial charge in [-0.25, -0.2) is 0 Å². The van der Waals surface area contributed by atoms with Crippen LogP contribution in [-0.2, 0) is 0 Å². The Labute approximate surface area is 168 Å². The van der Waals surface area contributed by atoms with Gasteiger partial charge in [-0.1, -0.05) is 121 Å². The van der Waals surface area contributed by atoms with Gasteiger partial charge in [-0.2, -0.15) is 0 Å². The van der Waals surface area contributed by atoms with Crippen molar-refractivity contribution in [1.29, 1.82) is 0 Å². The predicted molar refractivity (Wildman–Crippen MR) is 123 cm³/mol. The molecule has 0 spiro atoms. The number of hydrogen-bond acceptors (Lipinski definition) is 0. The van der Waals surface area contributed by atoms with E-state index in [4.69, 9.17) is 0 Å². The van der Waals surface area contributed by atoms with Crippen LogP contribution in [0.3, 0.4) is 0 Å². The second-order valence-electron chi connectivity index (χ2n) is 6.42. The first-order valence-corrected chi connectivity index (χ1v) is 10.8. The fraction of sp³-hybridized carbons (Fsp3) is 0. The molecular formula is C27H21P. The average molecular weight is 376 g/mol. The van der Waals surface area contributed by atoms with Crippen LogP contribution in [-0.4, -0.2) is 0 Å². The van der Waals surface area contributed by atoms with E-state index >= 15 is 0 Å². The summed E-state index contributed by atoms with van der Waals surface area (Å²) in [6, 6.07) is 42.5. The summed E-state index contributed by atoms with van der Waals surface area (Å²) in [5, 5.41) is 2.66. The van der Waals surface area contributed by atoms with Gasteiger partial charge in [0.2, 0.25) is 0 Å². The topological polar surface area (TPSA) is 0 Å². The van der Waals surface area contributed by atoms with Crippen molar-refractivity contribution < 1.29 is 0 Å². The van der Waals surface area contributed by atoms with Crippen molar-refractivity contribution in [3.05, 3.63) is 144 Å². The normalized spacial score (nSPS) is 10.3. The highest BCUT2D eigenvalue weighted by atomic mass is 31.1. The zero-order valence-corrected chi connectivity index (χ0v) is 16.5. The number of hydrogen-bond donors (Lipinski definition) is 0. The van der Waals surface area contributed by atoms with E-state index < -0.39 is 7.92 Å². The van der Waals surface area contributed by atoms with Gasteiger partial charge in [0.15, 0.2) is 0 Å². The molecule has 0 aliphatic rings. The van der Waals surface area contributed by atoms with Gasteiger partial charge in [-0.3, -0.25) is 0 Å². The van der Waals surface area contributed by atoms with E-state index in [1.165, 1.54) is 21.7 Å². The number of rotatable bonds is 5. The summed E-state index contributed by atoms with van der Waals surface area (Å²) in [5.74, 6) is 2.26. The van der Waals surface area contributed by atoms with E-state index in [0.717, 1.165) is 5.57 Å². The van der Waals surface area contributed by atoms with E-state index in [1.807, 2.05) is 0 Å². The maximum Gasteiger partial charge on any atom is 0.0310 e. The minimum Gasteiger partial charge on any atom is -0.110 e. The third kappa shape index (κ3) is 4.38. The molecule has 0 aliphatic carbocycles. The molecule has 0 saturated heterocycles. The predicted octanol–water partition coefficient (Wildman–Crippen LogP) is 6.36. The standard InChI is InChI=1S/C27H21P/c1-5-13-23(14-6-1)27(24-15-7-2-8-16-24)21-22-28(25-17-9-3-10-18-25)26-19-11-4-12-20-26/h1-20,22H. The van der Waals surface area contributed by atoms with Gasteiger partial charge >= 0.3 is 0 Å². The summed E-state index contributed by atoms with van der Waals surface area (Å²) in [6.07, 6.45) is 0. The Morgan fingerprint density at radius 1 is 0.500 bits per heavy atom. The lowest BCUT2D eigenvalue weighted by Crippen LogP contribution is -2.09. The van der Waals surface area contributed by atoms with Gasteiger partial charge in [0, 0.05) is 5.57 Å². The lowest BCUT2D eigenvalue weighted by molar-refractivity contribution is 1.55. The molecular weight excluding hydrogens is 355 g/mol. The molecule has 0 bridgehead atoms. The minimum atomic E-state index is -0.621. The van der Waals surface area contributed by atoms with Crippen molar-refractivity contribution in [2.45, 2.75) is 0 Å². The molecule has 0 saturated carbocycles. The monoisotopic (exact) mass is 376 g/mol. The van der Waals surface area contributed by atoms with Crippen LogP contribution in [0, 0.1) is 0 Å². The largest absolute Gasteiger partial charge is 0.110 e. The van der Waals surface area contributed by atoms with Crippen LogP contribution in [0.1, 0.15) is 11.1 Å². The minimum absolute atomic E-state index is 0.621. The quantitative estimate of drug-likeness (QED) is 0.281. The molecule has 0 aromatic heterocycles. The highest BCUT2D eigenvalue weighted by Crippen LogP contribution is 2.35. The van der Waals surface area contributed by atoms with Gasteiger partial charge in [-0.15, -0.1) is 5.73 Å². The van der Waals surface area contributed by atoms with E-state index in [1.54, 1.807) is 0 Å². The summed E-state index contributed by atoms with van der Waals surface area (Å²) < 4.78 is 0. The fourth-order valence-electron chi connectivity index (χ4n) is 3.15. The molecule has 0 radical (unpaired) electrons. The van der Waals surface area contributed by atoms with Gasteiger partial charge in [0.05, 0.1) is 0 Å². The van der Waals surface area contributed by atoms with E-state index in [2.05, 4.69) is 133 Å². The molecule has 0 N–H and O–H groups in total. The summed E-state index contributed by atoms with van der Waals surface area (Å²) in [7, 11) is -0.621. The van der Waals surface area contributed by atoms with Crippen molar-refractivity contribution >= 4 is 24.1 Å². The third-order valence-corrected chi connectivity index (χ3v) is 6.63. The van der Waals surface area contributed by atoms with Gasteiger partial charge < -0.3 is 0 Å². The zero-order valence-electron chi connectivity index (χ0n) is 15.6. The molecule has 0 unspecified atom stereocenters. The van der Waals surface area contributed by atoms with Crippen molar-refractivity contribution in [2.75, 3.05) is 0 Å². The Balaban J connectivity index is 1.87. The Hall–Kier alpha value is -3.17. The van der Waals surface area contributed by atoms with E-state index in [9.17, 15) is 0 Å². The summed E-state index contributed by atoms with van der Waals surface area (Å²) in [4.78, 5) is 0. The van der Waals surface area contributed by atoms with Crippen molar-refractivity contribution in [1.82, 2.24) is 0 Å². The molecule has 4 aromatic carbocycles. The average Bonchev–Trinajstić information content (AvgIpc) is 2.79. The molecule has 0 fully saturated rings. The smallest absolute Gasteiger partial charge is 0.0310 e. The lowest BCUT2D eigenvalue weighted by atomic mass is 9.99. The van der Waals surface area contributed by atoms with Gasteiger partial charge in [-0.05, 0) is 35.5 Å². The summed E-state index contributed by atoms with van der Waals surface area (Å²) in [5.41, 5.74) is 7.16. The van der Waals surface area contributed by atoms with Crippen LogP contribution in [0.4, 0.5) is 0 Å². The molecule has 0 heterocycles. The van der Waals surface area contributed by atoms with Crippen LogP contribution >= 0.6 is 7.92 Å². The third-order valence-electron chi connectivity index (χ3n) is 4.53.